The van der Waals surface area contributed by atoms with Gasteiger partial charge in [0.05, 0.1) is 11.2 Å². The number of nitrogens with zero attached hydrogens (tertiary/aromatic N) is 1. The number of nitrogens with one attached hydrogen (secondary N) is 1. The maximum atomic E-state index is 11.0. The number of nitrogen functional groups attached to an aromatic ring is 1. The number of amides is 1. The molecule has 5 heteroatoms. The normalized spacial score (nSPS) is 21.7. The number of thiazole rings is 1. The number of aromatic nitrogens is 1. The zero-order valence-electron chi connectivity index (χ0n) is 10.4. The molecule has 2 aromatic rings. The smallest absolute Gasteiger partial charge is 0.207 e. The maximum absolute atomic E-state index is 11.0. The highest BCUT2D eigenvalue weighted by Crippen LogP contribution is 2.39. The Hall–Kier alpha value is -1.88. The molecule has 0 radical (unpaired) electrons. The third-order valence-corrected chi connectivity index (χ3v) is 4.63. The minimum atomic E-state index is -0.324. The van der Waals surface area contributed by atoms with Gasteiger partial charge in [-0.15, -0.1) is 11.3 Å². The third kappa shape index (κ3) is 2.10. The van der Waals surface area contributed by atoms with E-state index in [-0.39, 0.29) is 5.54 Å². The number of rotatable bonds is 3. The van der Waals surface area contributed by atoms with E-state index in [0.717, 1.165) is 36.9 Å². The predicted molar refractivity (Wildman–Crippen MR) is 75.9 cm³/mol. The van der Waals surface area contributed by atoms with Crippen LogP contribution in [0.15, 0.2) is 30.3 Å². The third-order valence-electron chi connectivity index (χ3n) is 3.71. The molecule has 0 fully saturated rings. The number of hydrogen-bond donors (Lipinski definition) is 2. The highest BCUT2D eigenvalue weighted by Gasteiger charge is 2.37. The maximum Gasteiger partial charge on any atom is 0.207 e. The lowest BCUT2D eigenvalue weighted by Gasteiger charge is -2.36. The zero-order valence-corrected chi connectivity index (χ0v) is 11.2. The first-order chi connectivity index (χ1) is 9.23. The average molecular weight is 273 g/mol. The van der Waals surface area contributed by atoms with E-state index < -0.39 is 0 Å². The Morgan fingerprint density at radius 2 is 2.16 bits per heavy atom. The molecule has 1 aromatic carbocycles. The second kappa shape index (κ2) is 4.66. The number of carbonyl (C=O) groups excluding carboxylic acids is 1. The van der Waals surface area contributed by atoms with Gasteiger partial charge in [0.25, 0.3) is 0 Å². The van der Waals surface area contributed by atoms with Gasteiger partial charge in [0, 0.05) is 11.3 Å². The van der Waals surface area contributed by atoms with Crippen LogP contribution in [0, 0.1) is 0 Å². The van der Waals surface area contributed by atoms with Crippen LogP contribution in [0.2, 0.25) is 0 Å². The molecule has 0 bridgehead atoms. The first-order valence-electron chi connectivity index (χ1n) is 6.24. The van der Waals surface area contributed by atoms with E-state index in [0.29, 0.717) is 5.13 Å². The van der Waals surface area contributed by atoms with Crippen molar-refractivity contribution in [1.29, 1.82) is 0 Å². The van der Waals surface area contributed by atoms with Crippen LogP contribution in [0.4, 0.5) is 5.13 Å². The van der Waals surface area contributed by atoms with Gasteiger partial charge < -0.3 is 11.1 Å². The van der Waals surface area contributed by atoms with Crippen LogP contribution in [-0.2, 0) is 23.2 Å². The molecule has 0 aliphatic heterocycles. The summed E-state index contributed by atoms with van der Waals surface area (Å²) in [6.07, 6.45) is 3.26. The molecular formula is C14H15N3OS. The fourth-order valence-electron chi connectivity index (χ4n) is 2.75. The minimum absolute atomic E-state index is 0.324. The first-order valence-corrected chi connectivity index (χ1v) is 7.06. The van der Waals surface area contributed by atoms with Crippen molar-refractivity contribution in [2.45, 2.75) is 24.8 Å². The van der Waals surface area contributed by atoms with Gasteiger partial charge in [0.1, 0.15) is 0 Å². The van der Waals surface area contributed by atoms with E-state index in [1.54, 1.807) is 0 Å². The summed E-state index contributed by atoms with van der Waals surface area (Å²) in [4.78, 5) is 16.6. The Morgan fingerprint density at radius 1 is 1.37 bits per heavy atom. The van der Waals surface area contributed by atoms with E-state index >= 15 is 0 Å². The van der Waals surface area contributed by atoms with Gasteiger partial charge in [-0.25, -0.2) is 4.98 Å². The van der Waals surface area contributed by atoms with E-state index in [2.05, 4.69) is 22.4 Å². The molecule has 1 aliphatic rings. The number of carbonyl (C=O) groups is 1. The van der Waals surface area contributed by atoms with Crippen molar-refractivity contribution in [3.8, 4) is 0 Å². The standard InChI is InChI=1S/C14H15N3OS/c15-13-17-11-6-7-14(16-9-18,8-12(11)19-13)10-4-2-1-3-5-10/h1-5,9H,6-8H2,(H2,15,17)(H,16,18). The molecule has 0 spiro atoms. The fraction of sp³-hybridized carbons (Fsp3) is 0.286. The monoisotopic (exact) mass is 273 g/mol. The largest absolute Gasteiger partial charge is 0.375 e. The van der Waals surface area contributed by atoms with Crippen LogP contribution in [0.25, 0.3) is 0 Å². The molecule has 98 valence electrons. The summed E-state index contributed by atoms with van der Waals surface area (Å²) >= 11 is 1.52. The number of aryl methyl sites for hydroxylation is 1. The Labute approximate surface area is 115 Å². The first kappa shape index (κ1) is 12.2. The lowest BCUT2D eigenvalue weighted by Crippen LogP contribution is -2.45. The number of anilines is 1. The average Bonchev–Trinajstić information content (AvgIpc) is 2.79. The molecule has 1 heterocycles. The van der Waals surface area contributed by atoms with Crippen molar-refractivity contribution in [1.82, 2.24) is 10.3 Å². The van der Waals surface area contributed by atoms with E-state index in [9.17, 15) is 4.79 Å². The van der Waals surface area contributed by atoms with E-state index in [1.807, 2.05) is 18.2 Å². The molecular weight excluding hydrogens is 258 g/mol. The van der Waals surface area contributed by atoms with Crippen molar-refractivity contribution < 1.29 is 4.79 Å². The highest BCUT2D eigenvalue weighted by atomic mass is 32.1. The molecule has 1 atom stereocenters. The second-order valence-corrected chi connectivity index (χ2v) is 5.92. The van der Waals surface area contributed by atoms with Gasteiger partial charge in [-0.05, 0) is 18.4 Å². The van der Waals surface area contributed by atoms with Crippen LogP contribution < -0.4 is 11.1 Å². The summed E-state index contributed by atoms with van der Waals surface area (Å²) in [6.45, 7) is 0. The number of benzene rings is 1. The Balaban J connectivity index is 2.02. The summed E-state index contributed by atoms with van der Waals surface area (Å²) in [6, 6.07) is 10.1. The lowest BCUT2D eigenvalue weighted by atomic mass is 9.78. The Morgan fingerprint density at radius 3 is 2.89 bits per heavy atom. The molecule has 1 unspecified atom stereocenters. The van der Waals surface area contributed by atoms with Gasteiger partial charge in [0.2, 0.25) is 6.41 Å². The fourth-order valence-corrected chi connectivity index (χ4v) is 3.75. The van der Waals surface area contributed by atoms with Crippen molar-refractivity contribution in [2.75, 3.05) is 5.73 Å². The molecule has 0 saturated heterocycles. The van der Waals surface area contributed by atoms with Crippen LogP contribution in [-0.4, -0.2) is 11.4 Å². The lowest BCUT2D eigenvalue weighted by molar-refractivity contribution is -0.111. The molecule has 1 amide bonds. The van der Waals surface area contributed by atoms with Crippen LogP contribution >= 0.6 is 11.3 Å². The minimum Gasteiger partial charge on any atom is -0.375 e. The van der Waals surface area contributed by atoms with Gasteiger partial charge in [-0.3, -0.25) is 4.79 Å². The van der Waals surface area contributed by atoms with Crippen molar-refractivity contribution in [3.63, 3.8) is 0 Å². The molecule has 19 heavy (non-hydrogen) atoms. The Bertz CT molecular complexity index is 596. The molecule has 1 aliphatic carbocycles. The second-order valence-electron chi connectivity index (χ2n) is 4.81. The highest BCUT2D eigenvalue weighted by molar-refractivity contribution is 7.15. The van der Waals surface area contributed by atoms with Gasteiger partial charge in [-0.2, -0.15) is 0 Å². The van der Waals surface area contributed by atoms with Gasteiger partial charge in [-0.1, -0.05) is 30.3 Å². The van der Waals surface area contributed by atoms with Crippen molar-refractivity contribution >= 4 is 22.9 Å². The molecule has 3 N–H and O–H groups in total. The molecule has 1 aromatic heterocycles. The summed E-state index contributed by atoms with van der Waals surface area (Å²) in [5.74, 6) is 0. The van der Waals surface area contributed by atoms with Crippen LogP contribution in [0.5, 0.6) is 0 Å². The SMILES string of the molecule is Nc1nc2c(s1)CC(NC=O)(c1ccccc1)CC2. The molecule has 4 nitrogen and oxygen atoms in total. The predicted octanol–water partition coefficient (Wildman–Crippen LogP) is 1.86. The number of fused-ring (bicyclic) bond motifs is 1. The van der Waals surface area contributed by atoms with Gasteiger partial charge >= 0.3 is 0 Å². The summed E-state index contributed by atoms with van der Waals surface area (Å²) in [5, 5.41) is 3.63. The van der Waals surface area contributed by atoms with E-state index in [1.165, 1.54) is 16.2 Å². The Kier molecular flexibility index (Phi) is 2.98. The quantitative estimate of drug-likeness (QED) is 0.839. The number of hydrogen-bond acceptors (Lipinski definition) is 4. The van der Waals surface area contributed by atoms with Crippen LogP contribution in [0.1, 0.15) is 22.6 Å². The summed E-state index contributed by atoms with van der Waals surface area (Å²) in [7, 11) is 0. The summed E-state index contributed by atoms with van der Waals surface area (Å²) in [5.41, 5.74) is 7.68. The van der Waals surface area contributed by atoms with Gasteiger partial charge in [0.15, 0.2) is 5.13 Å². The zero-order chi connectivity index (χ0) is 13.3. The number of nitrogens with two attached hydrogens (primary N) is 1. The topological polar surface area (TPSA) is 68.0 Å². The summed E-state index contributed by atoms with van der Waals surface area (Å²) < 4.78 is 0. The van der Waals surface area contributed by atoms with Crippen molar-refractivity contribution in [2.24, 2.45) is 0 Å². The van der Waals surface area contributed by atoms with Crippen molar-refractivity contribution in [3.05, 3.63) is 46.5 Å². The van der Waals surface area contributed by atoms with E-state index in [4.69, 9.17) is 5.73 Å². The van der Waals surface area contributed by atoms with Crippen LogP contribution in [0.3, 0.4) is 0 Å². The molecule has 3 rings (SSSR count). The molecule has 0 saturated carbocycles.